The lowest BCUT2D eigenvalue weighted by molar-refractivity contribution is -0.385. The third-order valence-corrected chi connectivity index (χ3v) is 4.32. The van der Waals surface area contributed by atoms with Gasteiger partial charge in [-0.1, -0.05) is 6.07 Å². The van der Waals surface area contributed by atoms with Gasteiger partial charge < -0.3 is 8.92 Å². The van der Waals surface area contributed by atoms with Crippen molar-refractivity contribution >= 4 is 15.8 Å². The second kappa shape index (κ2) is 6.25. The van der Waals surface area contributed by atoms with E-state index >= 15 is 0 Å². The number of rotatable bonds is 5. The Kier molecular flexibility index (Phi) is 4.55. The summed E-state index contributed by atoms with van der Waals surface area (Å²) in [6, 6.07) is 8.27. The minimum Gasteiger partial charge on any atom is -0.495 e. The average molecular weight is 337 g/mol. The maximum absolute atomic E-state index is 12.4. The highest BCUT2D eigenvalue weighted by Crippen LogP contribution is 2.30. The van der Waals surface area contributed by atoms with Crippen LogP contribution in [0.25, 0.3) is 0 Å². The molecular formula is C15H15NO6S. The molecule has 0 saturated heterocycles. The quantitative estimate of drug-likeness (QED) is 0.473. The molecule has 0 unspecified atom stereocenters. The lowest BCUT2D eigenvalue weighted by atomic mass is 10.1. The lowest BCUT2D eigenvalue weighted by Gasteiger charge is -2.11. The molecule has 0 aromatic heterocycles. The first-order chi connectivity index (χ1) is 10.7. The first kappa shape index (κ1) is 16.8. The van der Waals surface area contributed by atoms with E-state index in [-0.39, 0.29) is 22.1 Å². The molecule has 0 spiro atoms. The van der Waals surface area contributed by atoms with E-state index in [0.29, 0.717) is 0 Å². The van der Waals surface area contributed by atoms with Crippen molar-refractivity contribution in [3.63, 3.8) is 0 Å². The molecular weight excluding hydrogens is 322 g/mol. The predicted molar refractivity (Wildman–Crippen MR) is 83.4 cm³/mol. The minimum atomic E-state index is -4.18. The largest absolute Gasteiger partial charge is 0.495 e. The summed E-state index contributed by atoms with van der Waals surface area (Å²) in [7, 11) is -2.95. The maximum Gasteiger partial charge on any atom is 0.342 e. The van der Waals surface area contributed by atoms with Crippen molar-refractivity contribution in [2.24, 2.45) is 0 Å². The van der Waals surface area contributed by atoms with Crippen LogP contribution in [0.2, 0.25) is 0 Å². The highest BCUT2D eigenvalue weighted by atomic mass is 32.2. The predicted octanol–water partition coefficient (Wildman–Crippen LogP) is 2.99. The molecule has 0 radical (unpaired) electrons. The van der Waals surface area contributed by atoms with Crippen molar-refractivity contribution in [3.8, 4) is 11.5 Å². The molecule has 0 aliphatic rings. The SMILES string of the molecule is COc1cc([N+](=O)[O-])ccc1S(=O)(=O)Oc1cc(C)cc(C)c1. The first-order valence-electron chi connectivity index (χ1n) is 6.58. The van der Waals surface area contributed by atoms with E-state index < -0.39 is 15.0 Å². The monoisotopic (exact) mass is 337 g/mol. The second-order valence-corrected chi connectivity index (χ2v) is 6.47. The Balaban J connectivity index is 2.45. The molecule has 0 N–H and O–H groups in total. The average Bonchev–Trinajstić information content (AvgIpc) is 2.44. The highest BCUT2D eigenvalue weighted by Gasteiger charge is 2.24. The summed E-state index contributed by atoms with van der Waals surface area (Å²) in [5.41, 5.74) is 1.43. The van der Waals surface area contributed by atoms with Crippen LogP contribution in [0.5, 0.6) is 11.5 Å². The van der Waals surface area contributed by atoms with Crippen LogP contribution in [-0.4, -0.2) is 20.5 Å². The molecule has 7 nitrogen and oxygen atoms in total. The number of non-ortho nitro benzene ring substituents is 1. The molecule has 0 aliphatic heterocycles. The number of nitro benzene ring substituents is 1. The van der Waals surface area contributed by atoms with Gasteiger partial charge in [-0.2, -0.15) is 8.42 Å². The third-order valence-electron chi connectivity index (χ3n) is 3.03. The molecule has 0 saturated carbocycles. The van der Waals surface area contributed by atoms with Gasteiger partial charge in [0.15, 0.2) is 0 Å². The standard InChI is InChI=1S/C15H15NO6S/c1-10-6-11(2)8-13(7-10)22-23(19,20)15-5-4-12(16(17)18)9-14(15)21-3/h4-9H,1-3H3. The molecule has 0 aliphatic carbocycles. The fraction of sp³-hybridized carbons (Fsp3) is 0.200. The van der Waals surface area contributed by atoms with E-state index in [2.05, 4.69) is 0 Å². The molecule has 0 heterocycles. The van der Waals surface area contributed by atoms with Crippen LogP contribution in [0.4, 0.5) is 5.69 Å². The van der Waals surface area contributed by atoms with E-state index in [4.69, 9.17) is 8.92 Å². The van der Waals surface area contributed by atoms with Gasteiger partial charge in [0, 0.05) is 6.07 Å². The van der Waals surface area contributed by atoms with E-state index in [1.807, 2.05) is 19.9 Å². The van der Waals surface area contributed by atoms with Gasteiger partial charge in [-0.3, -0.25) is 10.1 Å². The summed E-state index contributed by atoms with van der Waals surface area (Å²) in [6.07, 6.45) is 0. The van der Waals surface area contributed by atoms with Crippen molar-refractivity contribution in [1.29, 1.82) is 0 Å². The highest BCUT2D eigenvalue weighted by molar-refractivity contribution is 7.87. The molecule has 2 aromatic carbocycles. The fourth-order valence-corrected chi connectivity index (χ4v) is 3.19. The summed E-state index contributed by atoms with van der Waals surface area (Å²) < 4.78 is 34.9. The van der Waals surface area contributed by atoms with Crippen molar-refractivity contribution in [2.75, 3.05) is 7.11 Å². The maximum atomic E-state index is 12.4. The van der Waals surface area contributed by atoms with E-state index in [0.717, 1.165) is 29.3 Å². The van der Waals surface area contributed by atoms with Gasteiger partial charge in [-0.15, -0.1) is 0 Å². The van der Waals surface area contributed by atoms with Crippen molar-refractivity contribution < 1.29 is 22.3 Å². The molecule has 122 valence electrons. The molecule has 2 aromatic rings. The third kappa shape index (κ3) is 3.78. The number of hydrogen-bond acceptors (Lipinski definition) is 6. The Morgan fingerprint density at radius 1 is 1.04 bits per heavy atom. The zero-order valence-corrected chi connectivity index (χ0v) is 13.6. The van der Waals surface area contributed by atoms with Crippen LogP contribution in [0.15, 0.2) is 41.3 Å². The zero-order chi connectivity index (χ0) is 17.2. The van der Waals surface area contributed by atoms with Gasteiger partial charge in [0.2, 0.25) is 0 Å². The minimum absolute atomic E-state index is 0.149. The number of methoxy groups -OCH3 is 1. The van der Waals surface area contributed by atoms with Crippen LogP contribution in [-0.2, 0) is 10.1 Å². The van der Waals surface area contributed by atoms with Gasteiger partial charge in [-0.05, 0) is 43.2 Å². The van der Waals surface area contributed by atoms with Crippen molar-refractivity contribution in [2.45, 2.75) is 18.7 Å². The Bertz CT molecular complexity index is 840. The topological polar surface area (TPSA) is 95.7 Å². The number of aryl methyl sites for hydroxylation is 2. The summed E-state index contributed by atoms with van der Waals surface area (Å²) in [4.78, 5) is 9.86. The van der Waals surface area contributed by atoms with Crippen LogP contribution in [0.1, 0.15) is 11.1 Å². The van der Waals surface area contributed by atoms with Crippen LogP contribution >= 0.6 is 0 Å². The van der Waals surface area contributed by atoms with Gasteiger partial charge in [0.25, 0.3) is 5.69 Å². The molecule has 2 rings (SSSR count). The summed E-state index contributed by atoms with van der Waals surface area (Å²) in [5.74, 6) is 0.0199. The van der Waals surface area contributed by atoms with Gasteiger partial charge >= 0.3 is 10.1 Å². The smallest absolute Gasteiger partial charge is 0.342 e. The lowest BCUT2D eigenvalue weighted by Crippen LogP contribution is -2.11. The number of benzene rings is 2. The van der Waals surface area contributed by atoms with Gasteiger partial charge in [0.1, 0.15) is 16.4 Å². The Hall–Kier alpha value is -2.61. The zero-order valence-electron chi connectivity index (χ0n) is 12.8. The number of nitro groups is 1. The molecule has 0 fully saturated rings. The second-order valence-electron chi connectivity index (χ2n) is 4.95. The van der Waals surface area contributed by atoms with Gasteiger partial charge in [0.05, 0.1) is 18.1 Å². The van der Waals surface area contributed by atoms with E-state index in [1.165, 1.54) is 7.11 Å². The normalized spacial score (nSPS) is 11.1. The Morgan fingerprint density at radius 2 is 1.65 bits per heavy atom. The molecule has 8 heteroatoms. The summed E-state index contributed by atoms with van der Waals surface area (Å²) in [6.45, 7) is 3.64. The first-order valence-corrected chi connectivity index (χ1v) is 7.99. The van der Waals surface area contributed by atoms with Crippen LogP contribution in [0, 0.1) is 24.0 Å². The van der Waals surface area contributed by atoms with E-state index in [9.17, 15) is 18.5 Å². The molecule has 23 heavy (non-hydrogen) atoms. The molecule has 0 bridgehead atoms. The van der Waals surface area contributed by atoms with Crippen LogP contribution in [0.3, 0.4) is 0 Å². The van der Waals surface area contributed by atoms with Crippen LogP contribution < -0.4 is 8.92 Å². The number of ether oxygens (including phenoxy) is 1. The summed E-state index contributed by atoms with van der Waals surface area (Å²) >= 11 is 0. The van der Waals surface area contributed by atoms with Crippen molar-refractivity contribution in [3.05, 3.63) is 57.6 Å². The van der Waals surface area contributed by atoms with Gasteiger partial charge in [-0.25, -0.2) is 0 Å². The molecule has 0 atom stereocenters. The number of hydrogen-bond donors (Lipinski definition) is 0. The van der Waals surface area contributed by atoms with Crippen molar-refractivity contribution in [1.82, 2.24) is 0 Å². The summed E-state index contributed by atoms with van der Waals surface area (Å²) in [5, 5.41) is 10.8. The molecule has 0 amide bonds. The Labute approximate surface area is 133 Å². The van der Waals surface area contributed by atoms with E-state index in [1.54, 1.807) is 12.1 Å². The fourth-order valence-electron chi connectivity index (χ4n) is 2.13. The Morgan fingerprint density at radius 3 is 2.17 bits per heavy atom. The number of nitrogens with zero attached hydrogens (tertiary/aromatic N) is 1.